The second-order valence-corrected chi connectivity index (χ2v) is 4.84. The second kappa shape index (κ2) is 6.34. The number of nitrogens with one attached hydrogen (secondary N) is 1. The average molecular weight is 352 g/mol. The van der Waals surface area contributed by atoms with Gasteiger partial charge in [-0.2, -0.15) is 0 Å². The molecule has 1 aromatic rings. The van der Waals surface area contributed by atoms with Gasteiger partial charge in [-0.15, -0.1) is 0 Å². The molecular weight excluding hydrogens is 340 g/mol. The number of benzene rings is 1. The minimum Gasteiger partial charge on any atom is -0.370 e. The van der Waals surface area contributed by atoms with E-state index in [9.17, 15) is 4.79 Å². The van der Waals surface area contributed by atoms with E-state index in [2.05, 4.69) is 37.2 Å². The van der Waals surface area contributed by atoms with Crippen molar-refractivity contribution >= 4 is 43.5 Å². The number of carbonyl (C=O) groups excluding carboxylic acids is 1. The molecule has 1 atom stereocenters. The summed E-state index contributed by atoms with van der Waals surface area (Å²) in [5, 5.41) is 2.73. The number of hydrogen-bond acceptors (Lipinski definition) is 3. The average Bonchev–Trinajstić information content (AvgIpc) is 2.25. The third-order valence-corrected chi connectivity index (χ3v) is 3.16. The predicted octanol–water partition coefficient (Wildman–Crippen LogP) is 2.12. The Morgan fingerprint density at radius 1 is 1.56 bits per heavy atom. The zero-order valence-corrected chi connectivity index (χ0v) is 11.8. The molecule has 0 aliphatic carbocycles. The molecule has 0 aliphatic rings. The van der Waals surface area contributed by atoms with Crippen molar-refractivity contribution in [3.63, 3.8) is 0 Å². The Morgan fingerprint density at radius 2 is 2.25 bits per heavy atom. The molecule has 0 spiro atoms. The maximum atomic E-state index is 11.7. The normalized spacial score (nSPS) is 12.2. The van der Waals surface area contributed by atoms with Crippen LogP contribution in [0.2, 0.25) is 0 Å². The number of rotatable bonds is 4. The van der Waals surface area contributed by atoms with Gasteiger partial charge in [0.25, 0.3) is 5.91 Å². The standard InChI is InChI=1S/C10H12Br2N2O2/c1-16-9(5-13)10(15)14-8-4-6(11)2-3-7(8)12/h2-4,9H,5,13H2,1H3,(H,14,15). The van der Waals surface area contributed by atoms with Crippen LogP contribution in [0.5, 0.6) is 0 Å². The highest BCUT2D eigenvalue weighted by molar-refractivity contribution is 9.11. The summed E-state index contributed by atoms with van der Waals surface area (Å²) in [5.41, 5.74) is 6.07. The Bertz CT molecular complexity index is 381. The Balaban J connectivity index is 2.80. The molecule has 0 aliphatic heterocycles. The Labute approximate surface area is 111 Å². The zero-order chi connectivity index (χ0) is 12.1. The minimum atomic E-state index is -0.633. The van der Waals surface area contributed by atoms with Crippen molar-refractivity contribution in [3.8, 4) is 0 Å². The van der Waals surface area contributed by atoms with Crippen molar-refractivity contribution in [2.45, 2.75) is 6.10 Å². The Hall–Kier alpha value is -0.430. The Morgan fingerprint density at radius 3 is 2.81 bits per heavy atom. The SMILES string of the molecule is COC(CN)C(=O)Nc1cc(Br)ccc1Br. The van der Waals surface area contributed by atoms with Gasteiger partial charge >= 0.3 is 0 Å². The van der Waals surface area contributed by atoms with Crippen LogP contribution in [0.15, 0.2) is 27.1 Å². The van der Waals surface area contributed by atoms with Gasteiger partial charge in [-0.3, -0.25) is 4.79 Å². The van der Waals surface area contributed by atoms with Crippen molar-refractivity contribution in [1.82, 2.24) is 0 Å². The zero-order valence-electron chi connectivity index (χ0n) is 8.67. The summed E-state index contributed by atoms with van der Waals surface area (Å²) < 4.78 is 6.62. The third-order valence-electron chi connectivity index (χ3n) is 1.98. The Kier molecular flexibility index (Phi) is 5.40. The summed E-state index contributed by atoms with van der Waals surface area (Å²) in [6.07, 6.45) is -0.633. The molecule has 16 heavy (non-hydrogen) atoms. The van der Waals surface area contributed by atoms with Gasteiger partial charge in [-0.25, -0.2) is 0 Å². The summed E-state index contributed by atoms with van der Waals surface area (Å²) in [6.45, 7) is 0.147. The molecule has 1 rings (SSSR count). The summed E-state index contributed by atoms with van der Waals surface area (Å²) in [7, 11) is 1.45. The highest BCUT2D eigenvalue weighted by atomic mass is 79.9. The smallest absolute Gasteiger partial charge is 0.254 e. The van der Waals surface area contributed by atoms with Gasteiger partial charge in [0.15, 0.2) is 0 Å². The molecule has 3 N–H and O–H groups in total. The lowest BCUT2D eigenvalue weighted by Gasteiger charge is -2.14. The van der Waals surface area contributed by atoms with Crippen LogP contribution < -0.4 is 11.1 Å². The highest BCUT2D eigenvalue weighted by Gasteiger charge is 2.16. The van der Waals surface area contributed by atoms with Gasteiger partial charge in [-0.1, -0.05) is 15.9 Å². The number of ether oxygens (including phenoxy) is 1. The molecule has 1 unspecified atom stereocenters. The lowest BCUT2D eigenvalue weighted by Crippen LogP contribution is -2.35. The van der Waals surface area contributed by atoms with E-state index in [0.717, 1.165) is 8.95 Å². The molecule has 0 heterocycles. The molecule has 0 saturated heterocycles. The van der Waals surface area contributed by atoms with Crippen molar-refractivity contribution in [1.29, 1.82) is 0 Å². The summed E-state index contributed by atoms with van der Waals surface area (Å²) in [5.74, 6) is -0.260. The monoisotopic (exact) mass is 350 g/mol. The lowest BCUT2D eigenvalue weighted by atomic mass is 10.3. The van der Waals surface area contributed by atoms with E-state index in [1.807, 2.05) is 12.1 Å². The van der Waals surface area contributed by atoms with E-state index in [0.29, 0.717) is 5.69 Å². The first-order valence-corrected chi connectivity index (χ1v) is 6.16. The molecule has 1 aromatic carbocycles. The van der Waals surface area contributed by atoms with Crippen molar-refractivity contribution < 1.29 is 9.53 Å². The van der Waals surface area contributed by atoms with E-state index < -0.39 is 6.10 Å². The minimum absolute atomic E-state index is 0.147. The van der Waals surface area contributed by atoms with Crippen LogP contribution in [0.25, 0.3) is 0 Å². The van der Waals surface area contributed by atoms with E-state index in [1.165, 1.54) is 7.11 Å². The quantitative estimate of drug-likeness (QED) is 0.873. The summed E-state index contributed by atoms with van der Waals surface area (Å²) >= 11 is 6.67. The largest absolute Gasteiger partial charge is 0.370 e. The van der Waals surface area contributed by atoms with E-state index in [1.54, 1.807) is 6.07 Å². The molecule has 4 nitrogen and oxygen atoms in total. The van der Waals surface area contributed by atoms with Gasteiger partial charge in [0.2, 0.25) is 0 Å². The lowest BCUT2D eigenvalue weighted by molar-refractivity contribution is -0.125. The molecule has 0 radical (unpaired) electrons. The maximum Gasteiger partial charge on any atom is 0.254 e. The predicted molar refractivity (Wildman–Crippen MR) is 70.3 cm³/mol. The number of hydrogen-bond donors (Lipinski definition) is 2. The highest BCUT2D eigenvalue weighted by Crippen LogP contribution is 2.26. The second-order valence-electron chi connectivity index (χ2n) is 3.07. The van der Waals surface area contributed by atoms with Crippen molar-refractivity contribution in [2.75, 3.05) is 19.0 Å². The fourth-order valence-electron chi connectivity index (χ4n) is 1.12. The fourth-order valence-corrected chi connectivity index (χ4v) is 1.82. The van der Waals surface area contributed by atoms with Gasteiger partial charge in [0.1, 0.15) is 6.10 Å². The third kappa shape index (κ3) is 3.55. The first-order chi connectivity index (χ1) is 7.58. The van der Waals surface area contributed by atoms with Crippen LogP contribution in [-0.4, -0.2) is 25.7 Å². The first kappa shape index (κ1) is 13.6. The van der Waals surface area contributed by atoms with Gasteiger partial charge in [0.05, 0.1) is 5.69 Å². The van der Waals surface area contributed by atoms with E-state index in [-0.39, 0.29) is 12.5 Å². The van der Waals surface area contributed by atoms with Crippen LogP contribution in [0, 0.1) is 0 Å². The number of nitrogens with two attached hydrogens (primary N) is 1. The van der Waals surface area contributed by atoms with E-state index in [4.69, 9.17) is 10.5 Å². The van der Waals surface area contributed by atoms with Crippen LogP contribution >= 0.6 is 31.9 Å². The first-order valence-electron chi connectivity index (χ1n) is 4.57. The molecule has 0 aromatic heterocycles. The number of carbonyl (C=O) groups is 1. The topological polar surface area (TPSA) is 64.3 Å². The van der Waals surface area contributed by atoms with Crippen molar-refractivity contribution in [3.05, 3.63) is 27.1 Å². The summed E-state index contributed by atoms with van der Waals surface area (Å²) in [6, 6.07) is 5.51. The molecule has 88 valence electrons. The molecule has 0 fully saturated rings. The molecule has 1 amide bonds. The van der Waals surface area contributed by atoms with Crippen LogP contribution in [-0.2, 0) is 9.53 Å². The van der Waals surface area contributed by atoms with Crippen LogP contribution in [0.3, 0.4) is 0 Å². The number of amides is 1. The molecule has 6 heteroatoms. The van der Waals surface area contributed by atoms with Gasteiger partial charge in [-0.05, 0) is 34.1 Å². The van der Waals surface area contributed by atoms with Gasteiger partial charge in [0, 0.05) is 22.6 Å². The molecule has 0 saturated carbocycles. The number of anilines is 1. The fraction of sp³-hybridized carbons (Fsp3) is 0.300. The molecule has 0 bridgehead atoms. The summed E-state index contributed by atoms with van der Waals surface area (Å²) in [4.78, 5) is 11.7. The number of halogens is 2. The van der Waals surface area contributed by atoms with Gasteiger partial charge < -0.3 is 15.8 Å². The number of methoxy groups -OCH3 is 1. The van der Waals surface area contributed by atoms with E-state index >= 15 is 0 Å². The molecular formula is C10H12Br2N2O2. The van der Waals surface area contributed by atoms with Crippen LogP contribution in [0.4, 0.5) is 5.69 Å². The van der Waals surface area contributed by atoms with Crippen LogP contribution in [0.1, 0.15) is 0 Å². The maximum absolute atomic E-state index is 11.7. The van der Waals surface area contributed by atoms with Crippen molar-refractivity contribution in [2.24, 2.45) is 5.73 Å².